The van der Waals surface area contributed by atoms with Crippen molar-refractivity contribution >= 4 is 29.9 Å². The Kier molecular flexibility index (Phi) is 8.20. The third kappa shape index (κ3) is 5.29. The van der Waals surface area contributed by atoms with Crippen LogP contribution in [-0.2, 0) is 6.18 Å². The Morgan fingerprint density at radius 2 is 1.80 bits per heavy atom. The minimum absolute atomic E-state index is 0. The fourth-order valence-corrected chi connectivity index (χ4v) is 4.28. The average Bonchev–Trinajstić information content (AvgIpc) is 2.68. The maximum Gasteiger partial charge on any atom is 0.417 e. The van der Waals surface area contributed by atoms with E-state index < -0.39 is 22.7 Å². The Bertz CT molecular complexity index is 861. The van der Waals surface area contributed by atoms with E-state index in [1.807, 2.05) is 37.4 Å². The van der Waals surface area contributed by atoms with Crippen LogP contribution in [0.2, 0.25) is 5.02 Å². The lowest BCUT2D eigenvalue weighted by molar-refractivity contribution is -0.137. The van der Waals surface area contributed by atoms with E-state index in [2.05, 4.69) is 17.1 Å². The van der Waals surface area contributed by atoms with Crippen molar-refractivity contribution in [3.05, 3.63) is 70.2 Å². The van der Waals surface area contributed by atoms with E-state index in [0.29, 0.717) is 6.04 Å². The number of rotatable bonds is 4. The van der Waals surface area contributed by atoms with Crippen LogP contribution in [0, 0.1) is 0 Å². The number of benzene rings is 2. The maximum absolute atomic E-state index is 13.2. The van der Waals surface area contributed by atoms with Gasteiger partial charge in [0.15, 0.2) is 0 Å². The molecule has 1 heterocycles. The van der Waals surface area contributed by atoms with Gasteiger partial charge in [-0.3, -0.25) is 9.69 Å². The Balaban J connectivity index is 0.00000320. The van der Waals surface area contributed by atoms with Crippen LogP contribution in [0.25, 0.3) is 0 Å². The van der Waals surface area contributed by atoms with E-state index >= 15 is 0 Å². The molecule has 1 fully saturated rings. The van der Waals surface area contributed by atoms with Gasteiger partial charge >= 0.3 is 6.18 Å². The molecule has 3 unspecified atom stereocenters. The molecule has 164 valence electrons. The first-order chi connectivity index (χ1) is 13.7. The lowest BCUT2D eigenvalue weighted by atomic mass is 9.88. The number of nitrogens with zero attached hydrogens (tertiary/aromatic N) is 1. The second kappa shape index (κ2) is 10.0. The number of carbonyl (C=O) groups excluding carboxylic acids is 1. The summed E-state index contributed by atoms with van der Waals surface area (Å²) in [6.07, 6.45) is -1.64. The van der Waals surface area contributed by atoms with Gasteiger partial charge in [0.25, 0.3) is 5.91 Å². The molecule has 8 heteroatoms. The maximum atomic E-state index is 13.2. The quantitative estimate of drug-likeness (QED) is 0.595. The van der Waals surface area contributed by atoms with E-state index in [1.165, 1.54) is 12.1 Å². The van der Waals surface area contributed by atoms with Crippen molar-refractivity contribution in [2.45, 2.75) is 50.5 Å². The van der Waals surface area contributed by atoms with E-state index in [4.69, 9.17) is 11.6 Å². The van der Waals surface area contributed by atoms with Crippen LogP contribution >= 0.6 is 24.0 Å². The van der Waals surface area contributed by atoms with Crippen LogP contribution in [-0.4, -0.2) is 29.9 Å². The molecular weight excluding hydrogens is 436 g/mol. The van der Waals surface area contributed by atoms with E-state index in [1.54, 1.807) is 0 Å². The number of likely N-dealkylation sites (N-methyl/N-ethyl adjacent to an activating group) is 1. The van der Waals surface area contributed by atoms with Crippen LogP contribution in [0.3, 0.4) is 0 Å². The molecule has 0 aromatic heterocycles. The minimum atomic E-state index is -4.62. The smallest absolute Gasteiger partial charge is 0.344 e. The van der Waals surface area contributed by atoms with Crippen LogP contribution in [0.1, 0.15) is 53.7 Å². The molecule has 1 amide bonds. The van der Waals surface area contributed by atoms with Crippen molar-refractivity contribution in [2.24, 2.45) is 0 Å². The highest BCUT2D eigenvalue weighted by Crippen LogP contribution is 2.37. The summed E-state index contributed by atoms with van der Waals surface area (Å²) in [5.74, 6) is -0.610. The summed E-state index contributed by atoms with van der Waals surface area (Å²) >= 11 is 5.96. The number of piperidine rings is 1. The molecule has 3 nitrogen and oxygen atoms in total. The molecule has 1 saturated heterocycles. The number of hydrogen-bond acceptors (Lipinski definition) is 2. The number of likely N-dealkylation sites (tertiary alicyclic amines) is 1. The molecule has 3 rings (SSSR count). The van der Waals surface area contributed by atoms with Gasteiger partial charge in [-0.1, -0.05) is 54.4 Å². The van der Waals surface area contributed by atoms with Gasteiger partial charge in [-0.15, -0.1) is 12.4 Å². The van der Waals surface area contributed by atoms with Gasteiger partial charge in [-0.05, 0) is 44.5 Å². The number of halogens is 5. The SMILES string of the molecule is CC1CCCC(C(NC(=O)c2cccc(C(F)(F)F)c2Cl)c2ccccc2)N1C.Cl. The summed E-state index contributed by atoms with van der Waals surface area (Å²) in [6.45, 7) is 2.14. The van der Waals surface area contributed by atoms with Gasteiger partial charge in [0, 0.05) is 12.1 Å². The van der Waals surface area contributed by atoms with Crippen LogP contribution in [0.15, 0.2) is 48.5 Å². The molecular formula is C22H25Cl2F3N2O. The lowest BCUT2D eigenvalue weighted by Crippen LogP contribution is -2.50. The summed E-state index contributed by atoms with van der Waals surface area (Å²) in [5.41, 5.74) is -0.268. The zero-order chi connectivity index (χ0) is 21.2. The Hall–Kier alpha value is -1.76. The molecule has 0 bridgehead atoms. The van der Waals surface area contributed by atoms with Crippen molar-refractivity contribution in [1.82, 2.24) is 10.2 Å². The highest BCUT2D eigenvalue weighted by molar-refractivity contribution is 6.34. The molecule has 1 N–H and O–H groups in total. The summed E-state index contributed by atoms with van der Waals surface area (Å²) < 4.78 is 39.5. The van der Waals surface area contributed by atoms with Gasteiger partial charge in [0.1, 0.15) is 0 Å². The van der Waals surface area contributed by atoms with Gasteiger partial charge < -0.3 is 5.32 Å². The summed E-state index contributed by atoms with van der Waals surface area (Å²) in [6, 6.07) is 12.9. The largest absolute Gasteiger partial charge is 0.417 e. The Labute approximate surface area is 186 Å². The number of hydrogen-bond donors (Lipinski definition) is 1. The number of amides is 1. The van der Waals surface area contributed by atoms with Crippen molar-refractivity contribution in [3.8, 4) is 0 Å². The third-order valence-corrected chi connectivity index (χ3v) is 6.13. The molecule has 1 aliphatic heterocycles. The first kappa shape index (κ1) is 24.5. The predicted octanol–water partition coefficient (Wildman–Crippen LogP) is 6.12. The zero-order valence-corrected chi connectivity index (χ0v) is 18.3. The molecule has 2 aromatic rings. The third-order valence-electron chi connectivity index (χ3n) is 5.72. The van der Waals surface area contributed by atoms with Crippen LogP contribution in [0.5, 0.6) is 0 Å². The fourth-order valence-electron chi connectivity index (χ4n) is 3.97. The molecule has 30 heavy (non-hydrogen) atoms. The molecule has 2 aromatic carbocycles. The Morgan fingerprint density at radius 3 is 2.43 bits per heavy atom. The predicted molar refractivity (Wildman–Crippen MR) is 115 cm³/mol. The number of nitrogens with one attached hydrogen (secondary N) is 1. The Morgan fingerprint density at radius 1 is 1.13 bits per heavy atom. The highest BCUT2D eigenvalue weighted by atomic mass is 35.5. The zero-order valence-electron chi connectivity index (χ0n) is 16.7. The summed E-state index contributed by atoms with van der Waals surface area (Å²) in [5, 5.41) is 2.38. The standard InChI is InChI=1S/C22H24ClF3N2O.ClH/c1-14-8-6-13-18(28(14)2)20(15-9-4-3-5-10-15)27-21(29)16-11-7-12-17(19(16)23)22(24,25)26;/h3-5,7,9-12,14,18,20H,6,8,13H2,1-2H3,(H,27,29);1H. The van der Waals surface area contributed by atoms with Crippen LogP contribution < -0.4 is 5.32 Å². The monoisotopic (exact) mass is 460 g/mol. The molecule has 0 radical (unpaired) electrons. The molecule has 0 saturated carbocycles. The molecule has 0 aliphatic carbocycles. The number of carbonyl (C=O) groups is 1. The molecule has 1 aliphatic rings. The summed E-state index contributed by atoms with van der Waals surface area (Å²) in [7, 11) is 2.02. The second-order valence-electron chi connectivity index (χ2n) is 7.54. The van der Waals surface area contributed by atoms with Crippen molar-refractivity contribution in [1.29, 1.82) is 0 Å². The lowest BCUT2D eigenvalue weighted by Gasteiger charge is -2.42. The minimum Gasteiger partial charge on any atom is -0.344 e. The summed E-state index contributed by atoms with van der Waals surface area (Å²) in [4.78, 5) is 15.2. The fraction of sp³-hybridized carbons (Fsp3) is 0.409. The van der Waals surface area contributed by atoms with Crippen molar-refractivity contribution in [3.63, 3.8) is 0 Å². The van der Waals surface area contributed by atoms with Gasteiger partial charge in [0.05, 0.1) is 22.2 Å². The first-order valence-corrected chi connectivity index (χ1v) is 10.0. The van der Waals surface area contributed by atoms with E-state index in [9.17, 15) is 18.0 Å². The van der Waals surface area contributed by atoms with Gasteiger partial charge in [-0.2, -0.15) is 13.2 Å². The number of alkyl halides is 3. The molecule has 3 atom stereocenters. The van der Waals surface area contributed by atoms with E-state index in [0.717, 1.165) is 30.9 Å². The first-order valence-electron chi connectivity index (χ1n) is 9.63. The van der Waals surface area contributed by atoms with Gasteiger partial charge in [0.2, 0.25) is 0 Å². The second-order valence-corrected chi connectivity index (χ2v) is 7.92. The van der Waals surface area contributed by atoms with Gasteiger partial charge in [-0.25, -0.2) is 0 Å². The normalized spacial score (nSPS) is 20.9. The van der Waals surface area contributed by atoms with E-state index in [-0.39, 0.29) is 30.1 Å². The van der Waals surface area contributed by atoms with Crippen LogP contribution in [0.4, 0.5) is 13.2 Å². The highest BCUT2D eigenvalue weighted by Gasteiger charge is 2.36. The topological polar surface area (TPSA) is 32.3 Å². The van der Waals surface area contributed by atoms with Crippen molar-refractivity contribution < 1.29 is 18.0 Å². The molecule has 0 spiro atoms. The van der Waals surface area contributed by atoms with Crippen molar-refractivity contribution in [2.75, 3.05) is 7.05 Å². The average molecular weight is 461 g/mol.